The molecule has 2 aromatic rings. The summed E-state index contributed by atoms with van der Waals surface area (Å²) in [5.41, 5.74) is 1.35. The molecule has 0 saturated carbocycles. The van der Waals surface area contributed by atoms with Gasteiger partial charge in [-0.1, -0.05) is 30.3 Å². The second-order valence-electron chi connectivity index (χ2n) is 5.87. The number of imidazole rings is 1. The van der Waals surface area contributed by atoms with E-state index in [-0.39, 0.29) is 11.9 Å². The number of aromatic nitrogens is 2. The predicted octanol–water partition coefficient (Wildman–Crippen LogP) is 1.81. The Morgan fingerprint density at radius 1 is 1.27 bits per heavy atom. The summed E-state index contributed by atoms with van der Waals surface area (Å²) < 4.78 is 1.75. The predicted molar refractivity (Wildman–Crippen MR) is 85.4 cm³/mol. The quantitative estimate of drug-likeness (QED) is 0.936. The van der Waals surface area contributed by atoms with Crippen LogP contribution >= 0.6 is 0 Å². The molecule has 1 aliphatic heterocycles. The van der Waals surface area contributed by atoms with Crippen molar-refractivity contribution < 1.29 is 4.79 Å². The van der Waals surface area contributed by atoms with Crippen molar-refractivity contribution in [2.24, 2.45) is 7.05 Å². The van der Waals surface area contributed by atoms with E-state index in [0.29, 0.717) is 5.82 Å². The first kappa shape index (κ1) is 14.8. The summed E-state index contributed by atoms with van der Waals surface area (Å²) in [4.78, 5) is 18.7. The van der Waals surface area contributed by atoms with Crippen LogP contribution in [-0.4, -0.2) is 39.5 Å². The molecular weight excluding hydrogens is 276 g/mol. The van der Waals surface area contributed by atoms with Crippen LogP contribution in [0.4, 0.5) is 0 Å². The summed E-state index contributed by atoms with van der Waals surface area (Å²) in [5.74, 6) is 0.403. The number of rotatable bonds is 4. The Kier molecular flexibility index (Phi) is 4.53. The van der Waals surface area contributed by atoms with E-state index in [0.717, 1.165) is 32.5 Å². The molecule has 1 aromatic carbocycles. The number of amides is 1. The van der Waals surface area contributed by atoms with Gasteiger partial charge in [0.25, 0.3) is 5.91 Å². The van der Waals surface area contributed by atoms with E-state index in [2.05, 4.69) is 39.5 Å². The van der Waals surface area contributed by atoms with Crippen molar-refractivity contribution in [2.45, 2.75) is 25.4 Å². The number of aryl methyl sites for hydroxylation is 1. The van der Waals surface area contributed by atoms with Crippen LogP contribution in [-0.2, 0) is 13.6 Å². The molecule has 3 rings (SSSR count). The molecule has 1 N–H and O–H groups in total. The zero-order chi connectivity index (χ0) is 15.4. The highest BCUT2D eigenvalue weighted by Gasteiger charge is 2.22. The van der Waals surface area contributed by atoms with Gasteiger partial charge in [0.15, 0.2) is 5.82 Å². The molecule has 2 heterocycles. The second kappa shape index (κ2) is 6.75. The first-order valence-corrected chi connectivity index (χ1v) is 7.77. The Bertz CT molecular complexity index is 615. The number of hydrogen-bond donors (Lipinski definition) is 1. The monoisotopic (exact) mass is 298 g/mol. The van der Waals surface area contributed by atoms with Gasteiger partial charge in [0.2, 0.25) is 0 Å². The number of benzene rings is 1. The lowest BCUT2D eigenvalue weighted by Crippen LogP contribution is -2.44. The van der Waals surface area contributed by atoms with E-state index in [4.69, 9.17) is 0 Å². The SMILES string of the molecule is Cn1ccnc1C(=O)NC1CCN(Cc2ccccc2)CC1. The minimum absolute atomic E-state index is 0.0750. The van der Waals surface area contributed by atoms with Gasteiger partial charge in [-0.05, 0) is 18.4 Å². The molecule has 1 aliphatic rings. The molecule has 5 heteroatoms. The fraction of sp³-hybridized carbons (Fsp3) is 0.412. The standard InChI is InChI=1S/C17H22N4O/c1-20-12-9-18-16(20)17(22)19-15-7-10-21(11-8-15)13-14-5-3-2-4-6-14/h2-6,9,12,15H,7-8,10-11,13H2,1H3,(H,19,22). The molecule has 22 heavy (non-hydrogen) atoms. The second-order valence-corrected chi connectivity index (χ2v) is 5.87. The van der Waals surface area contributed by atoms with Crippen LogP contribution in [0, 0.1) is 0 Å². The Balaban J connectivity index is 1.48. The number of nitrogens with one attached hydrogen (secondary N) is 1. The van der Waals surface area contributed by atoms with Crippen LogP contribution in [0.25, 0.3) is 0 Å². The van der Waals surface area contributed by atoms with E-state index in [1.165, 1.54) is 5.56 Å². The Labute approximate surface area is 131 Å². The van der Waals surface area contributed by atoms with Crippen molar-refractivity contribution in [1.29, 1.82) is 0 Å². The van der Waals surface area contributed by atoms with Crippen LogP contribution in [0.5, 0.6) is 0 Å². The maximum absolute atomic E-state index is 12.2. The first-order valence-electron chi connectivity index (χ1n) is 7.77. The zero-order valence-corrected chi connectivity index (χ0v) is 12.9. The fourth-order valence-electron chi connectivity index (χ4n) is 2.91. The van der Waals surface area contributed by atoms with Crippen molar-refractivity contribution in [2.75, 3.05) is 13.1 Å². The first-order chi connectivity index (χ1) is 10.7. The van der Waals surface area contributed by atoms with Gasteiger partial charge in [0.05, 0.1) is 0 Å². The van der Waals surface area contributed by atoms with E-state index in [1.807, 2.05) is 13.1 Å². The summed E-state index contributed by atoms with van der Waals surface area (Å²) in [6.45, 7) is 3.02. The van der Waals surface area contributed by atoms with Gasteiger partial charge < -0.3 is 9.88 Å². The van der Waals surface area contributed by atoms with Gasteiger partial charge in [-0.2, -0.15) is 0 Å². The number of carbonyl (C=O) groups is 1. The lowest BCUT2D eigenvalue weighted by atomic mass is 10.0. The average Bonchev–Trinajstić information content (AvgIpc) is 2.96. The van der Waals surface area contributed by atoms with Crippen LogP contribution in [0.2, 0.25) is 0 Å². The summed E-state index contributed by atoms with van der Waals surface area (Å²) in [6, 6.07) is 10.8. The van der Waals surface area contributed by atoms with Crippen LogP contribution in [0.1, 0.15) is 29.0 Å². The number of piperidine rings is 1. The molecule has 116 valence electrons. The van der Waals surface area contributed by atoms with E-state index >= 15 is 0 Å². The molecule has 1 saturated heterocycles. The molecule has 0 bridgehead atoms. The van der Waals surface area contributed by atoms with Crippen molar-refractivity contribution in [1.82, 2.24) is 19.8 Å². The highest BCUT2D eigenvalue weighted by atomic mass is 16.2. The van der Waals surface area contributed by atoms with Gasteiger partial charge in [-0.15, -0.1) is 0 Å². The Morgan fingerprint density at radius 3 is 2.64 bits per heavy atom. The molecule has 5 nitrogen and oxygen atoms in total. The van der Waals surface area contributed by atoms with Gasteiger partial charge in [0, 0.05) is 45.1 Å². The smallest absolute Gasteiger partial charge is 0.287 e. The zero-order valence-electron chi connectivity index (χ0n) is 12.9. The summed E-state index contributed by atoms with van der Waals surface area (Å²) in [7, 11) is 1.84. The minimum atomic E-state index is -0.0750. The average molecular weight is 298 g/mol. The topological polar surface area (TPSA) is 50.2 Å². The van der Waals surface area contributed by atoms with Gasteiger partial charge in [0.1, 0.15) is 0 Å². The molecule has 1 aromatic heterocycles. The summed E-state index contributed by atoms with van der Waals surface area (Å²) >= 11 is 0. The number of likely N-dealkylation sites (tertiary alicyclic amines) is 1. The van der Waals surface area contributed by atoms with Crippen LogP contribution < -0.4 is 5.32 Å². The van der Waals surface area contributed by atoms with Crippen molar-refractivity contribution in [3.63, 3.8) is 0 Å². The number of nitrogens with zero attached hydrogens (tertiary/aromatic N) is 3. The van der Waals surface area contributed by atoms with Crippen molar-refractivity contribution in [3.8, 4) is 0 Å². The summed E-state index contributed by atoms with van der Waals surface area (Å²) in [5, 5.41) is 3.10. The van der Waals surface area contributed by atoms with E-state index in [1.54, 1.807) is 17.0 Å². The lowest BCUT2D eigenvalue weighted by Gasteiger charge is -2.32. The van der Waals surface area contributed by atoms with Crippen molar-refractivity contribution >= 4 is 5.91 Å². The molecule has 0 spiro atoms. The molecule has 0 aliphatic carbocycles. The molecule has 1 fully saturated rings. The van der Waals surface area contributed by atoms with E-state index < -0.39 is 0 Å². The Hall–Kier alpha value is -2.14. The molecular formula is C17H22N4O. The maximum Gasteiger partial charge on any atom is 0.287 e. The highest BCUT2D eigenvalue weighted by molar-refractivity contribution is 5.90. The van der Waals surface area contributed by atoms with Gasteiger partial charge >= 0.3 is 0 Å². The van der Waals surface area contributed by atoms with Crippen LogP contribution in [0.3, 0.4) is 0 Å². The molecule has 0 unspecified atom stereocenters. The number of carbonyl (C=O) groups excluding carboxylic acids is 1. The number of hydrogen-bond acceptors (Lipinski definition) is 3. The third kappa shape index (κ3) is 3.54. The molecule has 0 atom stereocenters. The third-order valence-corrected chi connectivity index (χ3v) is 4.20. The normalized spacial score (nSPS) is 16.6. The fourth-order valence-corrected chi connectivity index (χ4v) is 2.91. The van der Waals surface area contributed by atoms with Crippen LogP contribution in [0.15, 0.2) is 42.7 Å². The van der Waals surface area contributed by atoms with Gasteiger partial charge in [-0.3, -0.25) is 9.69 Å². The minimum Gasteiger partial charge on any atom is -0.347 e. The lowest BCUT2D eigenvalue weighted by molar-refractivity contribution is 0.0895. The Morgan fingerprint density at radius 2 is 2.00 bits per heavy atom. The van der Waals surface area contributed by atoms with E-state index in [9.17, 15) is 4.79 Å². The molecule has 0 radical (unpaired) electrons. The largest absolute Gasteiger partial charge is 0.347 e. The summed E-state index contributed by atoms with van der Waals surface area (Å²) in [6.07, 6.45) is 5.42. The van der Waals surface area contributed by atoms with Gasteiger partial charge in [-0.25, -0.2) is 4.98 Å². The van der Waals surface area contributed by atoms with Crippen molar-refractivity contribution in [3.05, 3.63) is 54.1 Å². The molecule has 1 amide bonds. The highest BCUT2D eigenvalue weighted by Crippen LogP contribution is 2.14. The third-order valence-electron chi connectivity index (χ3n) is 4.20. The maximum atomic E-state index is 12.2.